The first-order valence-corrected chi connectivity index (χ1v) is 5.57. The molecule has 0 amide bonds. The topological polar surface area (TPSA) is 63.6 Å². The van der Waals surface area contributed by atoms with Crippen LogP contribution in [0.2, 0.25) is 0 Å². The lowest BCUT2D eigenvalue weighted by atomic mass is 9.88. The number of piperidine rings is 1. The maximum absolute atomic E-state index is 12.9. The van der Waals surface area contributed by atoms with Crippen LogP contribution in [0.3, 0.4) is 0 Å². The minimum Gasteiger partial charge on any atom is -0.398 e. The molecule has 1 aliphatic heterocycles. The van der Waals surface area contributed by atoms with E-state index in [4.69, 9.17) is 11.1 Å². The number of halogens is 1. The van der Waals surface area contributed by atoms with Crippen LogP contribution in [0.25, 0.3) is 0 Å². The van der Waals surface area contributed by atoms with E-state index in [1.807, 2.05) is 0 Å². The van der Waals surface area contributed by atoms with Crippen molar-refractivity contribution in [2.45, 2.75) is 12.8 Å². The summed E-state index contributed by atoms with van der Waals surface area (Å²) in [5, 5.41) is 9.39. The molecule has 0 saturated carbocycles. The highest BCUT2D eigenvalue weighted by Gasteiger charge is 2.24. The molecule has 1 aliphatic rings. The third kappa shape index (κ3) is 2.22. The first-order valence-electron chi connectivity index (χ1n) is 5.57. The lowest BCUT2D eigenvalue weighted by molar-refractivity contribution is -0.119. The van der Waals surface area contributed by atoms with E-state index >= 15 is 0 Å². The van der Waals surface area contributed by atoms with Gasteiger partial charge >= 0.3 is 0 Å². The Balaban J connectivity index is 2.19. The fourth-order valence-electron chi connectivity index (χ4n) is 2.15. The largest absolute Gasteiger partial charge is 0.398 e. The second-order valence-corrected chi connectivity index (χ2v) is 4.21. The molecular weight excluding hydrogens is 205 g/mol. The van der Waals surface area contributed by atoms with Gasteiger partial charge in [-0.2, -0.15) is 0 Å². The molecule has 0 unspecified atom stereocenters. The first kappa shape index (κ1) is 11.1. The summed E-state index contributed by atoms with van der Waals surface area (Å²) in [7, 11) is 0. The molecule has 2 rings (SSSR count). The van der Waals surface area contributed by atoms with Gasteiger partial charge in [0, 0.05) is 11.6 Å². The Bertz CT molecular complexity index is 397. The SMILES string of the molecule is Nc1cc(F)ccc1C(=[NH2+])C1CCNCC1. The third-order valence-electron chi connectivity index (χ3n) is 3.10. The smallest absolute Gasteiger partial charge is 0.185 e. The number of hydrogen-bond donors (Lipinski definition) is 3. The van der Waals surface area contributed by atoms with E-state index in [-0.39, 0.29) is 5.82 Å². The van der Waals surface area contributed by atoms with Crippen LogP contribution in [0.5, 0.6) is 0 Å². The average molecular weight is 222 g/mol. The molecule has 0 atom stereocenters. The molecule has 1 aromatic rings. The molecule has 1 saturated heterocycles. The number of nitrogen functional groups attached to an aromatic ring is 1. The molecule has 0 spiro atoms. The summed E-state index contributed by atoms with van der Waals surface area (Å²) >= 11 is 0. The van der Waals surface area contributed by atoms with E-state index in [9.17, 15) is 4.39 Å². The number of rotatable bonds is 2. The minimum absolute atomic E-state index is 0.320. The second kappa shape index (κ2) is 4.61. The van der Waals surface area contributed by atoms with Crippen LogP contribution in [0, 0.1) is 11.7 Å². The van der Waals surface area contributed by atoms with E-state index in [0.717, 1.165) is 37.2 Å². The standard InChI is InChI=1S/C12H16FN3/c13-9-1-2-10(11(14)7-9)12(15)8-3-5-16-6-4-8/h1-2,7-8,15-16H,3-6,14H2/p+1. The zero-order valence-electron chi connectivity index (χ0n) is 9.17. The van der Waals surface area contributed by atoms with Crippen molar-refractivity contribution in [3.63, 3.8) is 0 Å². The van der Waals surface area contributed by atoms with Crippen LogP contribution in [0.4, 0.5) is 10.1 Å². The van der Waals surface area contributed by atoms with Gasteiger partial charge in [-0.3, -0.25) is 5.41 Å². The number of benzene rings is 1. The Morgan fingerprint density at radius 1 is 1.38 bits per heavy atom. The molecular formula is C12H17FN3+. The van der Waals surface area contributed by atoms with Gasteiger partial charge in [-0.15, -0.1) is 0 Å². The maximum atomic E-state index is 12.9. The predicted molar refractivity (Wildman–Crippen MR) is 62.4 cm³/mol. The molecule has 3 nitrogen and oxygen atoms in total. The van der Waals surface area contributed by atoms with Crippen LogP contribution in [0.1, 0.15) is 18.4 Å². The van der Waals surface area contributed by atoms with Gasteiger partial charge in [0.1, 0.15) is 5.82 Å². The Kier molecular flexibility index (Phi) is 3.19. The Hall–Kier alpha value is -1.42. The van der Waals surface area contributed by atoms with Gasteiger partial charge in [-0.1, -0.05) is 0 Å². The highest BCUT2D eigenvalue weighted by molar-refractivity contribution is 6.02. The predicted octanol–water partition coefficient (Wildman–Crippen LogP) is -0.0443. The zero-order chi connectivity index (χ0) is 11.5. The molecule has 5 N–H and O–H groups in total. The van der Waals surface area contributed by atoms with Gasteiger partial charge in [0.15, 0.2) is 5.71 Å². The monoisotopic (exact) mass is 222 g/mol. The summed E-state index contributed by atoms with van der Waals surface area (Å²) < 4.78 is 12.9. The molecule has 0 radical (unpaired) electrons. The van der Waals surface area contributed by atoms with E-state index in [1.54, 1.807) is 6.07 Å². The third-order valence-corrected chi connectivity index (χ3v) is 3.10. The van der Waals surface area contributed by atoms with E-state index in [0.29, 0.717) is 11.6 Å². The molecule has 1 fully saturated rings. The summed E-state index contributed by atoms with van der Waals surface area (Å²) in [5.41, 5.74) is 7.78. The minimum atomic E-state index is -0.320. The zero-order valence-corrected chi connectivity index (χ0v) is 9.17. The quantitative estimate of drug-likeness (QED) is 0.485. The maximum Gasteiger partial charge on any atom is 0.185 e. The fraction of sp³-hybridized carbons (Fsp3) is 0.417. The van der Waals surface area contributed by atoms with E-state index in [2.05, 4.69) is 5.32 Å². The molecule has 1 heterocycles. The van der Waals surface area contributed by atoms with Crippen LogP contribution < -0.4 is 16.5 Å². The fourth-order valence-corrected chi connectivity index (χ4v) is 2.15. The lowest BCUT2D eigenvalue weighted by Crippen LogP contribution is -2.48. The molecule has 86 valence electrons. The van der Waals surface area contributed by atoms with Crippen molar-refractivity contribution in [3.8, 4) is 0 Å². The molecule has 1 aromatic carbocycles. The Morgan fingerprint density at radius 2 is 2.06 bits per heavy atom. The molecule has 0 aliphatic carbocycles. The van der Waals surface area contributed by atoms with Crippen molar-refractivity contribution in [2.75, 3.05) is 18.8 Å². The number of nitrogens with two attached hydrogens (primary N) is 2. The van der Waals surface area contributed by atoms with Crippen LogP contribution in [-0.4, -0.2) is 18.8 Å². The van der Waals surface area contributed by atoms with Crippen molar-refractivity contribution in [1.82, 2.24) is 5.32 Å². The summed E-state index contributed by atoms with van der Waals surface area (Å²) in [4.78, 5) is 0. The molecule has 0 aromatic heterocycles. The molecule has 0 bridgehead atoms. The Morgan fingerprint density at radius 3 is 2.69 bits per heavy atom. The normalized spacial score (nSPS) is 17.3. The van der Waals surface area contributed by atoms with Gasteiger partial charge in [0.05, 0.1) is 5.56 Å². The van der Waals surface area contributed by atoms with Gasteiger partial charge in [-0.25, -0.2) is 4.39 Å². The highest BCUT2D eigenvalue weighted by Crippen LogP contribution is 2.21. The average Bonchev–Trinajstić information content (AvgIpc) is 2.29. The van der Waals surface area contributed by atoms with Gasteiger partial charge in [0.25, 0.3) is 0 Å². The first-order chi connectivity index (χ1) is 7.68. The van der Waals surface area contributed by atoms with Crippen molar-refractivity contribution >= 4 is 11.4 Å². The summed E-state index contributed by atoms with van der Waals surface area (Å²) in [6.45, 7) is 1.96. The van der Waals surface area contributed by atoms with Gasteiger partial charge < -0.3 is 11.1 Å². The van der Waals surface area contributed by atoms with Crippen molar-refractivity contribution in [3.05, 3.63) is 29.6 Å². The lowest BCUT2D eigenvalue weighted by Gasteiger charge is -2.20. The van der Waals surface area contributed by atoms with E-state index < -0.39 is 0 Å². The second-order valence-electron chi connectivity index (χ2n) is 4.21. The van der Waals surface area contributed by atoms with E-state index in [1.165, 1.54) is 12.1 Å². The summed E-state index contributed by atoms with van der Waals surface area (Å²) in [6, 6.07) is 4.39. The summed E-state index contributed by atoms with van der Waals surface area (Å²) in [5.74, 6) is 0.0355. The van der Waals surface area contributed by atoms with Crippen molar-refractivity contribution in [2.24, 2.45) is 5.92 Å². The number of anilines is 1. The molecule has 4 heteroatoms. The van der Waals surface area contributed by atoms with Gasteiger partial charge in [-0.05, 0) is 44.1 Å². The van der Waals surface area contributed by atoms with Crippen LogP contribution >= 0.6 is 0 Å². The van der Waals surface area contributed by atoms with Crippen LogP contribution in [-0.2, 0) is 0 Å². The Labute approximate surface area is 94.4 Å². The number of hydrogen-bond acceptors (Lipinski definition) is 2. The number of nitrogens with one attached hydrogen (secondary N) is 1. The highest BCUT2D eigenvalue weighted by atomic mass is 19.1. The summed E-state index contributed by atoms with van der Waals surface area (Å²) in [6.07, 6.45) is 2.03. The van der Waals surface area contributed by atoms with Crippen molar-refractivity contribution < 1.29 is 9.80 Å². The van der Waals surface area contributed by atoms with Crippen molar-refractivity contribution in [1.29, 1.82) is 0 Å². The van der Waals surface area contributed by atoms with Gasteiger partial charge in [0.2, 0.25) is 0 Å². The van der Waals surface area contributed by atoms with Crippen LogP contribution in [0.15, 0.2) is 18.2 Å². The molecule has 16 heavy (non-hydrogen) atoms.